The van der Waals surface area contributed by atoms with E-state index in [1.54, 1.807) is 25.7 Å². The molecule has 1 aliphatic rings. The molecule has 1 unspecified atom stereocenters. The van der Waals surface area contributed by atoms with Crippen molar-refractivity contribution in [1.29, 1.82) is 0 Å². The van der Waals surface area contributed by atoms with Crippen molar-refractivity contribution in [3.8, 4) is 10.4 Å². The molecule has 2 aromatic rings. The smallest absolute Gasteiger partial charge is 0.417 e. The van der Waals surface area contributed by atoms with Crippen molar-refractivity contribution in [3.05, 3.63) is 41.1 Å². The molecule has 0 aliphatic carbocycles. The summed E-state index contributed by atoms with van der Waals surface area (Å²) < 4.78 is 51.2. The third kappa shape index (κ3) is 5.57. The summed E-state index contributed by atoms with van der Waals surface area (Å²) in [5.74, 6) is -0.984. The highest BCUT2D eigenvalue weighted by Crippen LogP contribution is 2.43. The standard InChI is InChI=1S/C24H29F3N2O3S/c1-22(2,3)21(31)29-12-11-14(13-29)18-17(20(30)32-23(4,5)6)19(33-28-18)15-9-7-8-10-16(15)24(25,26)27/h7-10,14H,11-13H2,1-6H3. The molecule has 1 aromatic heterocycles. The van der Waals surface area contributed by atoms with Crippen LogP contribution in [0.1, 0.15) is 75.5 Å². The van der Waals surface area contributed by atoms with Gasteiger partial charge in [0, 0.05) is 30.0 Å². The Morgan fingerprint density at radius 3 is 2.30 bits per heavy atom. The second-order valence-electron chi connectivity index (χ2n) is 10.3. The number of benzene rings is 1. The Kier molecular flexibility index (Phi) is 6.68. The minimum absolute atomic E-state index is 0.0123. The first kappa shape index (κ1) is 25.2. The average Bonchev–Trinajstić information content (AvgIpc) is 3.31. The van der Waals surface area contributed by atoms with Crippen molar-refractivity contribution in [2.75, 3.05) is 13.1 Å². The Labute approximate surface area is 196 Å². The van der Waals surface area contributed by atoms with E-state index in [4.69, 9.17) is 4.74 Å². The Bertz CT molecular complexity index is 1050. The summed E-state index contributed by atoms with van der Waals surface area (Å²) in [7, 11) is 0. The molecule has 1 aromatic carbocycles. The summed E-state index contributed by atoms with van der Waals surface area (Å²) in [5.41, 5.74) is -1.87. The topological polar surface area (TPSA) is 59.5 Å². The van der Waals surface area contributed by atoms with Crippen LogP contribution in [0, 0.1) is 5.41 Å². The van der Waals surface area contributed by atoms with E-state index in [1.807, 2.05) is 20.8 Å². The number of rotatable bonds is 3. The van der Waals surface area contributed by atoms with Crippen LogP contribution in [0.5, 0.6) is 0 Å². The molecule has 0 radical (unpaired) electrons. The van der Waals surface area contributed by atoms with Gasteiger partial charge in [-0.3, -0.25) is 4.79 Å². The van der Waals surface area contributed by atoms with Crippen molar-refractivity contribution >= 4 is 23.4 Å². The van der Waals surface area contributed by atoms with E-state index in [0.717, 1.165) is 17.6 Å². The molecule has 1 atom stereocenters. The minimum Gasteiger partial charge on any atom is -0.456 e. The number of carbonyl (C=O) groups excluding carboxylic acids is 2. The minimum atomic E-state index is -4.59. The molecule has 0 N–H and O–H groups in total. The molecule has 1 amide bonds. The first-order valence-electron chi connectivity index (χ1n) is 10.8. The number of hydrogen-bond donors (Lipinski definition) is 0. The number of esters is 1. The van der Waals surface area contributed by atoms with Crippen LogP contribution < -0.4 is 0 Å². The van der Waals surface area contributed by atoms with Gasteiger partial charge in [0.05, 0.1) is 16.1 Å². The number of halogens is 3. The highest BCUT2D eigenvalue weighted by Gasteiger charge is 2.40. The number of aromatic nitrogens is 1. The Hall–Kier alpha value is -2.42. The van der Waals surface area contributed by atoms with Crippen LogP contribution in [0.2, 0.25) is 0 Å². The SMILES string of the molecule is CC(C)(C)OC(=O)c1c(C2CCN(C(=O)C(C)(C)C)C2)nsc1-c1ccccc1C(F)(F)F. The highest BCUT2D eigenvalue weighted by molar-refractivity contribution is 7.10. The number of amides is 1. The largest absolute Gasteiger partial charge is 0.456 e. The maximum atomic E-state index is 13.7. The van der Waals surface area contributed by atoms with Gasteiger partial charge >= 0.3 is 12.1 Å². The molecule has 1 saturated heterocycles. The normalized spacial score (nSPS) is 17.4. The van der Waals surface area contributed by atoms with Crippen molar-refractivity contribution in [1.82, 2.24) is 9.27 Å². The zero-order valence-corrected chi connectivity index (χ0v) is 20.5. The second-order valence-corrected chi connectivity index (χ2v) is 11.1. The van der Waals surface area contributed by atoms with E-state index >= 15 is 0 Å². The van der Waals surface area contributed by atoms with E-state index in [0.29, 0.717) is 25.2 Å². The molecule has 1 aliphatic heterocycles. The maximum absolute atomic E-state index is 13.7. The summed E-state index contributed by atoms with van der Waals surface area (Å²) in [5, 5.41) is 0. The second kappa shape index (κ2) is 8.74. The average molecular weight is 483 g/mol. The third-order valence-electron chi connectivity index (χ3n) is 5.30. The molecular weight excluding hydrogens is 453 g/mol. The van der Waals surface area contributed by atoms with E-state index in [-0.39, 0.29) is 27.8 Å². The van der Waals surface area contributed by atoms with Gasteiger partial charge < -0.3 is 9.64 Å². The predicted molar refractivity (Wildman–Crippen MR) is 121 cm³/mol. The first-order chi connectivity index (χ1) is 15.1. The number of hydrogen-bond acceptors (Lipinski definition) is 5. The maximum Gasteiger partial charge on any atom is 0.417 e. The van der Waals surface area contributed by atoms with Gasteiger partial charge in [-0.15, -0.1) is 0 Å². The summed E-state index contributed by atoms with van der Waals surface area (Å²) in [6.45, 7) is 11.5. The number of ether oxygens (including phenoxy) is 1. The molecule has 33 heavy (non-hydrogen) atoms. The molecule has 2 heterocycles. The molecule has 0 spiro atoms. The number of nitrogens with zero attached hydrogens (tertiary/aromatic N) is 2. The predicted octanol–water partition coefficient (Wildman–Crippen LogP) is 6.15. The highest BCUT2D eigenvalue weighted by atomic mass is 32.1. The van der Waals surface area contributed by atoms with Gasteiger partial charge in [-0.25, -0.2) is 4.79 Å². The van der Waals surface area contributed by atoms with E-state index in [1.165, 1.54) is 18.2 Å². The summed E-state index contributed by atoms with van der Waals surface area (Å²) in [6.07, 6.45) is -4.02. The van der Waals surface area contributed by atoms with Crippen LogP contribution >= 0.6 is 11.5 Å². The summed E-state index contributed by atoms with van der Waals surface area (Å²) in [6, 6.07) is 5.15. The lowest BCUT2D eigenvalue weighted by atomic mass is 9.94. The lowest BCUT2D eigenvalue weighted by Gasteiger charge is -2.25. The van der Waals surface area contributed by atoms with Crippen LogP contribution in [0.15, 0.2) is 24.3 Å². The quantitative estimate of drug-likeness (QED) is 0.493. The van der Waals surface area contributed by atoms with E-state index < -0.39 is 28.7 Å². The van der Waals surface area contributed by atoms with Gasteiger partial charge in [-0.2, -0.15) is 17.5 Å². The van der Waals surface area contributed by atoms with Crippen molar-refractivity contribution < 1.29 is 27.5 Å². The lowest BCUT2D eigenvalue weighted by Crippen LogP contribution is -2.37. The van der Waals surface area contributed by atoms with Crippen molar-refractivity contribution in [2.24, 2.45) is 5.41 Å². The Morgan fingerprint density at radius 2 is 1.73 bits per heavy atom. The van der Waals surface area contributed by atoms with Crippen LogP contribution in [0.4, 0.5) is 13.2 Å². The molecule has 3 rings (SSSR count). The fourth-order valence-corrected chi connectivity index (χ4v) is 4.85. The Morgan fingerprint density at radius 1 is 1.09 bits per heavy atom. The molecule has 180 valence electrons. The summed E-state index contributed by atoms with van der Waals surface area (Å²) >= 11 is 0.862. The first-order valence-corrected chi connectivity index (χ1v) is 11.6. The van der Waals surface area contributed by atoms with Gasteiger partial charge in [-0.05, 0) is 44.8 Å². The molecule has 0 bridgehead atoms. The van der Waals surface area contributed by atoms with Crippen molar-refractivity contribution in [2.45, 2.75) is 65.7 Å². The van der Waals surface area contributed by atoms with Gasteiger partial charge in [0.15, 0.2) is 0 Å². The third-order valence-corrected chi connectivity index (χ3v) is 6.20. The van der Waals surface area contributed by atoms with Crippen molar-refractivity contribution in [3.63, 3.8) is 0 Å². The number of alkyl halides is 3. The molecule has 9 heteroatoms. The molecular formula is C24H29F3N2O3S. The van der Waals surface area contributed by atoms with Gasteiger partial charge in [0.1, 0.15) is 11.2 Å². The van der Waals surface area contributed by atoms with E-state index in [2.05, 4.69) is 4.37 Å². The lowest BCUT2D eigenvalue weighted by molar-refractivity contribution is -0.138. The fraction of sp³-hybridized carbons (Fsp3) is 0.542. The molecule has 1 fully saturated rings. The monoisotopic (exact) mass is 482 g/mol. The van der Waals surface area contributed by atoms with E-state index in [9.17, 15) is 22.8 Å². The van der Waals surface area contributed by atoms with Crippen LogP contribution in [0.25, 0.3) is 10.4 Å². The molecule has 0 saturated carbocycles. The summed E-state index contributed by atoms with van der Waals surface area (Å²) in [4.78, 5) is 27.8. The van der Waals surface area contributed by atoms with Gasteiger partial charge in [0.2, 0.25) is 5.91 Å². The van der Waals surface area contributed by atoms with Crippen LogP contribution in [-0.2, 0) is 15.7 Å². The van der Waals surface area contributed by atoms with Crippen LogP contribution in [0.3, 0.4) is 0 Å². The Balaban J connectivity index is 2.08. The zero-order valence-electron chi connectivity index (χ0n) is 19.7. The van der Waals surface area contributed by atoms with Crippen LogP contribution in [-0.4, -0.2) is 39.8 Å². The van der Waals surface area contributed by atoms with Gasteiger partial charge in [0.25, 0.3) is 0 Å². The fourth-order valence-electron chi connectivity index (χ4n) is 3.86. The van der Waals surface area contributed by atoms with Gasteiger partial charge in [-0.1, -0.05) is 39.0 Å². The number of carbonyl (C=O) groups is 2. The molecule has 5 nitrogen and oxygen atoms in total. The number of likely N-dealkylation sites (tertiary alicyclic amines) is 1. The zero-order chi connectivity index (χ0) is 24.8.